The van der Waals surface area contributed by atoms with E-state index in [1.165, 1.54) is 6.92 Å². The smallest absolute Gasteiger partial charge is 0.323 e. The van der Waals surface area contributed by atoms with Crippen LogP contribution in [-0.4, -0.2) is 28.0 Å². The average molecular weight is 176 g/mol. The lowest BCUT2D eigenvalue weighted by atomic mass is 10.2. The lowest BCUT2D eigenvalue weighted by molar-refractivity contribution is -0.123. The molecule has 0 aromatic rings. The Morgan fingerprint density at radius 1 is 1.64 bits per heavy atom. The highest BCUT2D eigenvalue weighted by Crippen LogP contribution is 2.19. The fourth-order valence-corrected chi connectivity index (χ4v) is 0.911. The van der Waals surface area contributed by atoms with Crippen molar-refractivity contribution in [2.24, 2.45) is 0 Å². The quantitative estimate of drug-likeness (QED) is 0.300. The molecule has 2 unspecified atom stereocenters. The Balaban J connectivity index is 2.87. The fraction of sp³-hybridized carbons (Fsp3) is 0.600. The van der Waals surface area contributed by atoms with Gasteiger partial charge in [0.15, 0.2) is 4.87 Å². The van der Waals surface area contributed by atoms with Crippen molar-refractivity contribution >= 4 is 24.6 Å². The van der Waals surface area contributed by atoms with Crippen LogP contribution in [0.25, 0.3) is 0 Å². The van der Waals surface area contributed by atoms with Crippen LogP contribution in [0.5, 0.6) is 0 Å². The van der Waals surface area contributed by atoms with Crippen LogP contribution in [0.2, 0.25) is 0 Å². The molecule has 0 spiro atoms. The molecule has 1 fully saturated rings. The highest BCUT2D eigenvalue weighted by molar-refractivity contribution is 7.82. The van der Waals surface area contributed by atoms with Crippen molar-refractivity contribution < 1.29 is 14.7 Å². The summed E-state index contributed by atoms with van der Waals surface area (Å²) in [5.74, 6) is -0.624. The summed E-state index contributed by atoms with van der Waals surface area (Å²) in [6, 6.07) is -0.633. The number of urea groups is 1. The molecule has 3 N–H and O–H groups in total. The first-order valence-corrected chi connectivity index (χ1v) is 3.45. The highest BCUT2D eigenvalue weighted by Gasteiger charge is 2.46. The van der Waals surface area contributed by atoms with Crippen molar-refractivity contribution in [1.82, 2.24) is 10.6 Å². The number of rotatable bonds is 1. The summed E-state index contributed by atoms with van der Waals surface area (Å²) in [5.41, 5.74) is 0. The van der Waals surface area contributed by atoms with Crippen LogP contribution >= 0.6 is 12.6 Å². The first-order valence-electron chi connectivity index (χ1n) is 3.01. The number of hydrogen-bond acceptors (Lipinski definition) is 4. The van der Waals surface area contributed by atoms with Gasteiger partial charge in [-0.25, -0.2) is 4.79 Å². The molecule has 0 radical (unpaired) electrons. The van der Waals surface area contributed by atoms with E-state index in [0.29, 0.717) is 0 Å². The first kappa shape index (κ1) is 8.35. The number of hydrogen-bond donors (Lipinski definition) is 4. The molecule has 11 heavy (non-hydrogen) atoms. The third kappa shape index (κ3) is 1.19. The normalized spacial score (nSPS) is 33.0. The summed E-state index contributed by atoms with van der Waals surface area (Å²) in [5, 5.41) is 13.2. The summed E-state index contributed by atoms with van der Waals surface area (Å²) in [6.45, 7) is 1.37. The first-order chi connectivity index (χ1) is 4.97. The Bertz CT molecular complexity index is 218. The molecule has 1 aliphatic heterocycles. The van der Waals surface area contributed by atoms with E-state index < -0.39 is 22.9 Å². The Morgan fingerprint density at radius 3 is 2.36 bits per heavy atom. The molecular weight excluding hydrogens is 168 g/mol. The molecule has 6 heteroatoms. The maximum Gasteiger partial charge on any atom is 0.323 e. The molecule has 5 nitrogen and oxygen atoms in total. The van der Waals surface area contributed by atoms with E-state index in [-0.39, 0.29) is 0 Å². The maximum absolute atomic E-state index is 10.9. The van der Waals surface area contributed by atoms with Crippen LogP contribution in [0.3, 0.4) is 0 Å². The molecule has 62 valence electrons. The zero-order valence-corrected chi connectivity index (χ0v) is 6.68. The third-order valence-corrected chi connectivity index (χ3v) is 2.17. The molecule has 1 rings (SSSR count). The Hall–Kier alpha value is -0.750. The minimum absolute atomic E-state index is 0.624. The highest BCUT2D eigenvalue weighted by atomic mass is 32.1. The Labute approximate surface area is 68.6 Å². The summed E-state index contributed by atoms with van der Waals surface area (Å²) in [6.07, 6.45) is -1.03. The van der Waals surface area contributed by atoms with Gasteiger partial charge in [0.05, 0.1) is 6.10 Å². The number of nitrogens with one attached hydrogen (secondary N) is 2. The lowest BCUT2D eigenvalue weighted by Crippen LogP contribution is -2.50. The van der Waals surface area contributed by atoms with Gasteiger partial charge in [0.25, 0.3) is 5.91 Å². The predicted molar refractivity (Wildman–Crippen MR) is 40.1 cm³/mol. The van der Waals surface area contributed by atoms with Crippen LogP contribution in [-0.2, 0) is 4.79 Å². The van der Waals surface area contributed by atoms with Crippen LogP contribution < -0.4 is 10.6 Å². The Kier molecular flexibility index (Phi) is 1.81. The van der Waals surface area contributed by atoms with E-state index >= 15 is 0 Å². The summed E-state index contributed by atoms with van der Waals surface area (Å²) < 4.78 is 0. The van der Waals surface area contributed by atoms with Gasteiger partial charge >= 0.3 is 6.03 Å². The number of imide groups is 1. The largest absolute Gasteiger partial charge is 0.389 e. The van der Waals surface area contributed by atoms with Crippen LogP contribution in [0.4, 0.5) is 4.79 Å². The maximum atomic E-state index is 10.9. The molecule has 0 aromatic heterocycles. The van der Waals surface area contributed by atoms with E-state index in [9.17, 15) is 9.59 Å². The van der Waals surface area contributed by atoms with Gasteiger partial charge in [-0.05, 0) is 6.92 Å². The van der Waals surface area contributed by atoms with E-state index in [1.807, 2.05) is 5.32 Å². The second-order valence-electron chi connectivity index (χ2n) is 2.35. The predicted octanol–water partition coefficient (Wildman–Crippen LogP) is -1.17. The molecule has 0 bridgehead atoms. The standard InChI is InChI=1S/C5H8N2O3S/c1-2(8)5(11)3(9)6-4(10)7-5/h2,8,11H,1H3,(H2,6,7,9,10). The number of aliphatic hydroxyl groups excluding tert-OH is 1. The lowest BCUT2D eigenvalue weighted by Gasteiger charge is -2.21. The van der Waals surface area contributed by atoms with Crippen molar-refractivity contribution in [1.29, 1.82) is 0 Å². The molecule has 0 aromatic carbocycles. The monoisotopic (exact) mass is 176 g/mol. The molecular formula is C5H8N2O3S. The molecule has 1 heterocycles. The SMILES string of the molecule is CC(O)C1(S)NC(=O)NC1=O. The molecule has 3 amide bonds. The zero-order chi connectivity index (χ0) is 8.65. The van der Waals surface area contributed by atoms with E-state index in [1.54, 1.807) is 0 Å². The summed E-state index contributed by atoms with van der Waals surface area (Å²) >= 11 is 3.84. The van der Waals surface area contributed by atoms with Crippen LogP contribution in [0.15, 0.2) is 0 Å². The van der Waals surface area contributed by atoms with Gasteiger partial charge in [0.2, 0.25) is 0 Å². The van der Waals surface area contributed by atoms with Gasteiger partial charge < -0.3 is 10.4 Å². The molecule has 1 aliphatic rings. The van der Waals surface area contributed by atoms with E-state index in [2.05, 4.69) is 17.9 Å². The Morgan fingerprint density at radius 2 is 2.18 bits per heavy atom. The summed E-state index contributed by atoms with van der Waals surface area (Å²) in [4.78, 5) is 20.0. The third-order valence-electron chi connectivity index (χ3n) is 1.48. The van der Waals surface area contributed by atoms with Crippen molar-refractivity contribution in [3.05, 3.63) is 0 Å². The summed E-state index contributed by atoms with van der Waals surface area (Å²) in [7, 11) is 0. The van der Waals surface area contributed by atoms with Crippen LogP contribution in [0, 0.1) is 0 Å². The van der Waals surface area contributed by atoms with Crippen molar-refractivity contribution in [2.45, 2.75) is 17.9 Å². The number of aliphatic hydroxyl groups is 1. The van der Waals surface area contributed by atoms with Crippen molar-refractivity contribution in [3.63, 3.8) is 0 Å². The van der Waals surface area contributed by atoms with Gasteiger partial charge in [0, 0.05) is 0 Å². The van der Waals surface area contributed by atoms with Gasteiger partial charge in [-0.15, -0.1) is 12.6 Å². The van der Waals surface area contributed by atoms with Gasteiger partial charge in [-0.1, -0.05) is 0 Å². The molecule has 1 saturated heterocycles. The van der Waals surface area contributed by atoms with E-state index in [4.69, 9.17) is 5.11 Å². The zero-order valence-electron chi connectivity index (χ0n) is 5.79. The van der Waals surface area contributed by atoms with Gasteiger partial charge in [-0.2, -0.15) is 0 Å². The second-order valence-corrected chi connectivity index (χ2v) is 3.06. The number of amides is 3. The average Bonchev–Trinajstić information content (AvgIpc) is 2.08. The number of carbonyl (C=O) groups excluding carboxylic acids is 2. The molecule has 0 saturated carbocycles. The minimum atomic E-state index is -1.48. The van der Waals surface area contributed by atoms with Gasteiger partial charge in [-0.3, -0.25) is 10.1 Å². The van der Waals surface area contributed by atoms with Crippen molar-refractivity contribution in [2.75, 3.05) is 0 Å². The fourth-order valence-electron chi connectivity index (χ4n) is 0.754. The van der Waals surface area contributed by atoms with E-state index in [0.717, 1.165) is 0 Å². The van der Waals surface area contributed by atoms with Crippen molar-refractivity contribution in [3.8, 4) is 0 Å². The molecule has 2 atom stereocenters. The number of carbonyl (C=O) groups is 2. The molecule has 0 aliphatic carbocycles. The van der Waals surface area contributed by atoms with Crippen LogP contribution in [0.1, 0.15) is 6.92 Å². The second kappa shape index (κ2) is 2.38. The topological polar surface area (TPSA) is 78.4 Å². The minimum Gasteiger partial charge on any atom is -0.389 e. The number of thiol groups is 1. The van der Waals surface area contributed by atoms with Gasteiger partial charge in [0.1, 0.15) is 0 Å².